The molecule has 2 aliphatic heterocycles. The standard InChI is InChI=1S/C19H25NO3.ClH/c1-2-22-19(21)17-7-5-10-20(13-17)11-9-15-12-16-6-3-4-8-18(16)23-14-15;/h3-4,6-8,15H,2,5,9-14H2,1H3;1H. The first kappa shape index (κ1) is 18.8. The van der Waals surface area contributed by atoms with E-state index in [2.05, 4.69) is 17.0 Å². The number of nitrogens with zero attached hydrogens (tertiary/aromatic N) is 1. The largest absolute Gasteiger partial charge is 0.493 e. The van der Waals surface area contributed by atoms with Gasteiger partial charge in [0.25, 0.3) is 0 Å². The number of ether oxygens (including phenoxy) is 2. The predicted molar refractivity (Wildman–Crippen MR) is 96.8 cm³/mol. The first-order valence-corrected chi connectivity index (χ1v) is 8.55. The highest BCUT2D eigenvalue weighted by atomic mass is 35.5. The minimum Gasteiger partial charge on any atom is -0.493 e. The van der Waals surface area contributed by atoms with Crippen LogP contribution in [-0.4, -0.2) is 43.7 Å². The molecule has 0 aliphatic carbocycles. The lowest BCUT2D eigenvalue weighted by atomic mass is 9.93. The zero-order chi connectivity index (χ0) is 16.1. The Labute approximate surface area is 150 Å². The minimum absolute atomic E-state index is 0. The summed E-state index contributed by atoms with van der Waals surface area (Å²) in [4.78, 5) is 14.2. The first-order chi connectivity index (χ1) is 11.3. The second-order valence-electron chi connectivity index (χ2n) is 6.29. The highest BCUT2D eigenvalue weighted by Crippen LogP contribution is 2.28. The zero-order valence-corrected chi connectivity index (χ0v) is 15.0. The van der Waals surface area contributed by atoms with E-state index in [0.29, 0.717) is 19.1 Å². The fraction of sp³-hybridized carbons (Fsp3) is 0.526. The number of rotatable bonds is 5. The number of carbonyl (C=O) groups is 1. The fourth-order valence-corrected chi connectivity index (χ4v) is 3.31. The summed E-state index contributed by atoms with van der Waals surface area (Å²) in [5, 5.41) is 0. The number of carbonyl (C=O) groups excluding carboxylic acids is 1. The van der Waals surface area contributed by atoms with Crippen LogP contribution < -0.4 is 4.74 Å². The molecule has 0 radical (unpaired) electrons. The first-order valence-electron chi connectivity index (χ1n) is 8.55. The van der Waals surface area contributed by atoms with Gasteiger partial charge in [-0.15, -0.1) is 12.4 Å². The van der Waals surface area contributed by atoms with Gasteiger partial charge in [0.2, 0.25) is 0 Å². The Bertz CT molecular complexity index is 588. The van der Waals surface area contributed by atoms with Gasteiger partial charge in [0.15, 0.2) is 0 Å². The summed E-state index contributed by atoms with van der Waals surface area (Å²) in [6.07, 6.45) is 5.14. The average Bonchev–Trinajstić information content (AvgIpc) is 2.60. The summed E-state index contributed by atoms with van der Waals surface area (Å²) < 4.78 is 11.0. The van der Waals surface area contributed by atoms with Gasteiger partial charge in [-0.05, 0) is 50.3 Å². The van der Waals surface area contributed by atoms with E-state index in [9.17, 15) is 4.79 Å². The van der Waals surface area contributed by atoms with E-state index in [-0.39, 0.29) is 18.4 Å². The van der Waals surface area contributed by atoms with Crippen molar-refractivity contribution in [2.75, 3.05) is 32.8 Å². The molecule has 5 heteroatoms. The van der Waals surface area contributed by atoms with Crippen LogP contribution in [0.3, 0.4) is 0 Å². The van der Waals surface area contributed by atoms with Gasteiger partial charge in [0, 0.05) is 18.7 Å². The van der Waals surface area contributed by atoms with E-state index in [0.717, 1.165) is 50.3 Å². The highest BCUT2D eigenvalue weighted by molar-refractivity contribution is 5.89. The lowest BCUT2D eigenvalue weighted by Gasteiger charge is -2.30. The second-order valence-corrected chi connectivity index (χ2v) is 6.29. The molecule has 0 fully saturated rings. The molecule has 0 saturated heterocycles. The third kappa shape index (κ3) is 4.74. The molecule has 1 atom stereocenters. The van der Waals surface area contributed by atoms with Gasteiger partial charge in [-0.2, -0.15) is 0 Å². The molecule has 4 nitrogen and oxygen atoms in total. The van der Waals surface area contributed by atoms with Crippen LogP contribution in [0.1, 0.15) is 25.3 Å². The maximum absolute atomic E-state index is 11.8. The number of halogens is 1. The van der Waals surface area contributed by atoms with Crippen LogP contribution in [0.4, 0.5) is 0 Å². The Kier molecular flexibility index (Phi) is 7.13. The molecule has 2 heterocycles. The van der Waals surface area contributed by atoms with E-state index in [1.54, 1.807) is 0 Å². The van der Waals surface area contributed by atoms with Gasteiger partial charge in [-0.25, -0.2) is 4.79 Å². The third-order valence-electron chi connectivity index (χ3n) is 4.58. The minimum atomic E-state index is -0.160. The molecule has 0 N–H and O–H groups in total. The van der Waals surface area contributed by atoms with Crippen molar-refractivity contribution in [2.24, 2.45) is 5.92 Å². The number of esters is 1. The number of para-hydroxylation sites is 1. The van der Waals surface area contributed by atoms with Gasteiger partial charge in [0.05, 0.1) is 13.2 Å². The summed E-state index contributed by atoms with van der Waals surface area (Å²) in [6.45, 7) is 5.82. The topological polar surface area (TPSA) is 38.8 Å². The monoisotopic (exact) mass is 351 g/mol. The smallest absolute Gasteiger partial charge is 0.334 e. The van der Waals surface area contributed by atoms with Crippen molar-refractivity contribution in [3.05, 3.63) is 41.5 Å². The Morgan fingerprint density at radius 2 is 2.21 bits per heavy atom. The zero-order valence-electron chi connectivity index (χ0n) is 14.2. The van der Waals surface area contributed by atoms with Gasteiger partial charge in [0.1, 0.15) is 5.75 Å². The maximum Gasteiger partial charge on any atom is 0.334 e. The summed E-state index contributed by atoms with van der Waals surface area (Å²) in [5.41, 5.74) is 2.12. The molecule has 132 valence electrons. The number of benzene rings is 1. The van der Waals surface area contributed by atoms with Crippen LogP contribution >= 0.6 is 12.4 Å². The summed E-state index contributed by atoms with van der Waals surface area (Å²) >= 11 is 0. The highest BCUT2D eigenvalue weighted by Gasteiger charge is 2.22. The molecule has 3 rings (SSSR count). The van der Waals surface area contributed by atoms with Crippen molar-refractivity contribution in [1.82, 2.24) is 4.90 Å². The Morgan fingerprint density at radius 3 is 3.04 bits per heavy atom. The Morgan fingerprint density at radius 1 is 1.38 bits per heavy atom. The normalized spacial score (nSPS) is 20.2. The second kappa shape index (κ2) is 9.09. The van der Waals surface area contributed by atoms with Crippen molar-refractivity contribution in [1.29, 1.82) is 0 Å². The van der Waals surface area contributed by atoms with Crippen LogP contribution in [0.15, 0.2) is 35.9 Å². The molecular weight excluding hydrogens is 326 g/mol. The van der Waals surface area contributed by atoms with Crippen molar-refractivity contribution in [3.63, 3.8) is 0 Å². The van der Waals surface area contributed by atoms with Crippen LogP contribution in [0.5, 0.6) is 5.75 Å². The third-order valence-corrected chi connectivity index (χ3v) is 4.58. The number of fused-ring (bicyclic) bond motifs is 1. The summed E-state index contributed by atoms with van der Waals surface area (Å²) in [5.74, 6) is 1.43. The van der Waals surface area contributed by atoms with Crippen LogP contribution in [0.25, 0.3) is 0 Å². The van der Waals surface area contributed by atoms with Crippen molar-refractivity contribution < 1.29 is 14.3 Å². The summed E-state index contributed by atoms with van der Waals surface area (Å²) in [7, 11) is 0. The molecule has 1 aromatic rings. The van der Waals surface area contributed by atoms with Gasteiger partial charge in [-0.3, -0.25) is 4.90 Å². The van der Waals surface area contributed by atoms with E-state index in [4.69, 9.17) is 9.47 Å². The van der Waals surface area contributed by atoms with E-state index < -0.39 is 0 Å². The molecule has 2 aliphatic rings. The van der Waals surface area contributed by atoms with Crippen molar-refractivity contribution in [3.8, 4) is 5.75 Å². The van der Waals surface area contributed by atoms with Gasteiger partial charge in [-0.1, -0.05) is 24.3 Å². The van der Waals surface area contributed by atoms with Gasteiger partial charge < -0.3 is 9.47 Å². The molecule has 0 amide bonds. The predicted octanol–water partition coefficient (Wildman–Crippen LogP) is 3.24. The van der Waals surface area contributed by atoms with E-state index >= 15 is 0 Å². The number of hydrogen-bond donors (Lipinski definition) is 0. The maximum atomic E-state index is 11.8. The van der Waals surface area contributed by atoms with E-state index in [1.165, 1.54) is 5.56 Å². The SMILES string of the molecule is CCOC(=O)C1=CCCN(CCC2COc3ccccc3C2)C1.Cl. The van der Waals surface area contributed by atoms with Crippen molar-refractivity contribution >= 4 is 18.4 Å². The number of hydrogen-bond acceptors (Lipinski definition) is 4. The van der Waals surface area contributed by atoms with Crippen LogP contribution in [-0.2, 0) is 16.0 Å². The molecule has 24 heavy (non-hydrogen) atoms. The summed E-state index contributed by atoms with van der Waals surface area (Å²) in [6, 6.07) is 8.30. The molecule has 0 bridgehead atoms. The molecule has 0 aromatic heterocycles. The van der Waals surface area contributed by atoms with Crippen LogP contribution in [0.2, 0.25) is 0 Å². The molecular formula is C19H26ClNO3. The lowest BCUT2D eigenvalue weighted by molar-refractivity contribution is -0.138. The van der Waals surface area contributed by atoms with Crippen molar-refractivity contribution in [2.45, 2.75) is 26.2 Å². The Balaban J connectivity index is 0.00000208. The average molecular weight is 352 g/mol. The molecule has 0 spiro atoms. The molecule has 0 saturated carbocycles. The fourth-order valence-electron chi connectivity index (χ4n) is 3.31. The lowest BCUT2D eigenvalue weighted by Crippen LogP contribution is -2.35. The van der Waals surface area contributed by atoms with Crippen LogP contribution in [0, 0.1) is 5.92 Å². The quantitative estimate of drug-likeness (QED) is 0.763. The molecule has 1 aromatic carbocycles. The molecule has 1 unspecified atom stereocenters. The Hall–Kier alpha value is -1.52. The van der Waals surface area contributed by atoms with E-state index in [1.807, 2.05) is 25.1 Å². The van der Waals surface area contributed by atoms with Gasteiger partial charge >= 0.3 is 5.97 Å².